The highest BCUT2D eigenvalue weighted by atomic mass is 16.5. The van der Waals surface area contributed by atoms with Crippen LogP contribution in [-0.2, 0) is 4.79 Å². The smallest absolute Gasteiger partial charge is 0.226 e. The lowest BCUT2D eigenvalue weighted by Gasteiger charge is -2.24. The van der Waals surface area contributed by atoms with Gasteiger partial charge in [-0.1, -0.05) is 23.8 Å². The van der Waals surface area contributed by atoms with E-state index in [9.17, 15) is 4.79 Å². The van der Waals surface area contributed by atoms with Crippen molar-refractivity contribution in [3.63, 3.8) is 0 Å². The summed E-state index contributed by atoms with van der Waals surface area (Å²) in [7, 11) is 3.21. The minimum Gasteiger partial charge on any atom is -0.493 e. The van der Waals surface area contributed by atoms with Crippen molar-refractivity contribution in [3.05, 3.63) is 65.4 Å². The Kier molecular flexibility index (Phi) is 4.32. The molecule has 0 spiro atoms. The number of aryl methyl sites for hydroxylation is 1. The molecule has 0 radical (unpaired) electrons. The lowest BCUT2D eigenvalue weighted by atomic mass is 9.87. The van der Waals surface area contributed by atoms with Crippen LogP contribution in [0, 0.1) is 6.92 Å². The molecule has 0 saturated heterocycles. The van der Waals surface area contributed by atoms with E-state index in [2.05, 4.69) is 10.4 Å². The van der Waals surface area contributed by atoms with Crippen molar-refractivity contribution in [2.24, 2.45) is 0 Å². The zero-order valence-electron chi connectivity index (χ0n) is 15.5. The summed E-state index contributed by atoms with van der Waals surface area (Å²) in [5, 5.41) is 7.51. The highest BCUT2D eigenvalue weighted by Gasteiger charge is 2.30. The molecule has 6 nitrogen and oxygen atoms in total. The number of rotatable bonds is 4. The minimum absolute atomic E-state index is 0.0313. The Balaban J connectivity index is 1.78. The Labute approximate surface area is 157 Å². The van der Waals surface area contributed by atoms with Gasteiger partial charge in [-0.05, 0) is 36.8 Å². The van der Waals surface area contributed by atoms with Gasteiger partial charge >= 0.3 is 0 Å². The van der Waals surface area contributed by atoms with Crippen molar-refractivity contribution in [1.82, 2.24) is 9.78 Å². The molecule has 1 aliphatic rings. The summed E-state index contributed by atoms with van der Waals surface area (Å²) < 4.78 is 12.5. The summed E-state index contributed by atoms with van der Waals surface area (Å²) in [5.74, 6) is 1.91. The number of hydrogen-bond donors (Lipinski definition) is 1. The van der Waals surface area contributed by atoms with Gasteiger partial charge in [0.1, 0.15) is 5.82 Å². The maximum Gasteiger partial charge on any atom is 0.226 e. The number of methoxy groups -OCH3 is 2. The first kappa shape index (κ1) is 17.1. The molecule has 0 aliphatic carbocycles. The molecular formula is C21H21N3O3. The van der Waals surface area contributed by atoms with E-state index in [4.69, 9.17) is 9.47 Å². The molecule has 1 aliphatic heterocycles. The van der Waals surface area contributed by atoms with Crippen LogP contribution in [0.15, 0.2) is 48.7 Å². The standard InChI is InChI=1S/C21H21N3O3/c1-13-4-7-15(8-5-13)24-21-17(12-22-24)16(11-20(25)23-21)14-6-9-18(26-2)19(10-14)27-3/h4-10,12,16H,11H2,1-3H3,(H,23,25)/t16-/m0/s1. The lowest BCUT2D eigenvalue weighted by molar-refractivity contribution is -0.116. The summed E-state index contributed by atoms with van der Waals surface area (Å²) in [6, 6.07) is 13.8. The van der Waals surface area contributed by atoms with E-state index in [1.165, 1.54) is 5.56 Å². The van der Waals surface area contributed by atoms with Gasteiger partial charge < -0.3 is 14.8 Å². The van der Waals surface area contributed by atoms with Gasteiger partial charge in [0.15, 0.2) is 11.5 Å². The van der Waals surface area contributed by atoms with Gasteiger partial charge in [0.25, 0.3) is 0 Å². The number of ether oxygens (including phenoxy) is 2. The van der Waals surface area contributed by atoms with Crippen LogP contribution in [0.4, 0.5) is 5.82 Å². The van der Waals surface area contributed by atoms with Crippen molar-refractivity contribution >= 4 is 11.7 Å². The molecule has 0 saturated carbocycles. The molecule has 0 bridgehead atoms. The number of anilines is 1. The molecule has 2 aromatic carbocycles. The Bertz CT molecular complexity index is 992. The first-order valence-corrected chi connectivity index (χ1v) is 8.77. The number of hydrogen-bond acceptors (Lipinski definition) is 4. The van der Waals surface area contributed by atoms with Gasteiger partial charge in [0.05, 0.1) is 26.1 Å². The van der Waals surface area contributed by atoms with E-state index in [0.29, 0.717) is 17.9 Å². The largest absolute Gasteiger partial charge is 0.493 e. The second kappa shape index (κ2) is 6.79. The molecule has 1 amide bonds. The first-order chi connectivity index (χ1) is 13.1. The van der Waals surface area contributed by atoms with Crippen molar-refractivity contribution in [2.75, 3.05) is 19.5 Å². The maximum atomic E-state index is 12.4. The fraction of sp³-hybridized carbons (Fsp3) is 0.238. The molecule has 27 heavy (non-hydrogen) atoms. The van der Waals surface area contributed by atoms with E-state index < -0.39 is 0 Å². The topological polar surface area (TPSA) is 65.4 Å². The average Bonchev–Trinajstić information content (AvgIpc) is 3.11. The van der Waals surface area contributed by atoms with Crippen LogP contribution in [0.2, 0.25) is 0 Å². The number of nitrogens with zero attached hydrogens (tertiary/aromatic N) is 2. The Hall–Kier alpha value is -3.28. The fourth-order valence-electron chi connectivity index (χ4n) is 3.47. The lowest BCUT2D eigenvalue weighted by Crippen LogP contribution is -2.24. The molecule has 0 fully saturated rings. The van der Waals surface area contributed by atoms with Gasteiger partial charge in [-0.25, -0.2) is 4.68 Å². The fourth-order valence-corrected chi connectivity index (χ4v) is 3.47. The van der Waals surface area contributed by atoms with Crippen LogP contribution in [-0.4, -0.2) is 29.9 Å². The Morgan fingerprint density at radius 2 is 1.81 bits per heavy atom. The summed E-state index contributed by atoms with van der Waals surface area (Å²) >= 11 is 0. The Morgan fingerprint density at radius 3 is 2.52 bits per heavy atom. The molecular weight excluding hydrogens is 342 g/mol. The second-order valence-electron chi connectivity index (χ2n) is 6.62. The third kappa shape index (κ3) is 3.03. The van der Waals surface area contributed by atoms with E-state index in [1.807, 2.05) is 55.6 Å². The number of fused-ring (bicyclic) bond motifs is 1. The number of carbonyl (C=O) groups is 1. The van der Waals surface area contributed by atoms with Gasteiger partial charge in [-0.3, -0.25) is 4.79 Å². The third-order valence-corrected chi connectivity index (χ3v) is 4.91. The second-order valence-corrected chi connectivity index (χ2v) is 6.62. The predicted molar refractivity (Wildman–Crippen MR) is 103 cm³/mol. The monoisotopic (exact) mass is 363 g/mol. The zero-order chi connectivity index (χ0) is 19.0. The summed E-state index contributed by atoms with van der Waals surface area (Å²) in [5.41, 5.74) is 4.07. The molecule has 6 heteroatoms. The van der Waals surface area contributed by atoms with Crippen LogP contribution in [0.3, 0.4) is 0 Å². The number of carbonyl (C=O) groups excluding carboxylic acids is 1. The third-order valence-electron chi connectivity index (χ3n) is 4.91. The summed E-state index contributed by atoms with van der Waals surface area (Å²) in [4.78, 5) is 12.4. The Morgan fingerprint density at radius 1 is 1.07 bits per heavy atom. The predicted octanol–water partition coefficient (Wildman–Crippen LogP) is 3.67. The van der Waals surface area contributed by atoms with Crippen LogP contribution in [0.5, 0.6) is 11.5 Å². The number of benzene rings is 2. The van der Waals surface area contributed by atoms with E-state index in [-0.39, 0.29) is 11.8 Å². The number of amides is 1. The molecule has 138 valence electrons. The molecule has 2 heterocycles. The molecule has 4 rings (SSSR count). The number of aromatic nitrogens is 2. The molecule has 1 atom stereocenters. The highest BCUT2D eigenvalue weighted by Crippen LogP contribution is 2.40. The van der Waals surface area contributed by atoms with Crippen molar-refractivity contribution < 1.29 is 14.3 Å². The van der Waals surface area contributed by atoms with Crippen LogP contribution < -0.4 is 14.8 Å². The molecule has 3 aromatic rings. The van der Waals surface area contributed by atoms with Crippen LogP contribution >= 0.6 is 0 Å². The minimum atomic E-state index is -0.0900. The summed E-state index contributed by atoms with van der Waals surface area (Å²) in [6.07, 6.45) is 2.19. The van der Waals surface area contributed by atoms with Gasteiger partial charge in [-0.15, -0.1) is 0 Å². The first-order valence-electron chi connectivity index (χ1n) is 8.77. The van der Waals surface area contributed by atoms with Gasteiger partial charge in [0, 0.05) is 17.9 Å². The number of nitrogens with one attached hydrogen (secondary N) is 1. The van der Waals surface area contributed by atoms with Gasteiger partial charge in [0.2, 0.25) is 5.91 Å². The molecule has 1 aromatic heterocycles. The van der Waals surface area contributed by atoms with Crippen molar-refractivity contribution in [1.29, 1.82) is 0 Å². The SMILES string of the molecule is COc1ccc([C@@H]2CC(=O)Nc3c2cnn3-c2ccc(C)cc2)cc1OC. The van der Waals surface area contributed by atoms with E-state index in [1.54, 1.807) is 18.9 Å². The zero-order valence-corrected chi connectivity index (χ0v) is 15.5. The van der Waals surface area contributed by atoms with E-state index in [0.717, 1.165) is 22.6 Å². The van der Waals surface area contributed by atoms with Gasteiger partial charge in [-0.2, -0.15) is 5.10 Å². The molecule has 1 N–H and O–H groups in total. The van der Waals surface area contributed by atoms with Crippen LogP contribution in [0.1, 0.15) is 29.0 Å². The van der Waals surface area contributed by atoms with Crippen molar-refractivity contribution in [2.45, 2.75) is 19.3 Å². The van der Waals surface area contributed by atoms with Crippen molar-refractivity contribution in [3.8, 4) is 17.2 Å². The quantitative estimate of drug-likeness (QED) is 0.768. The normalized spacial score (nSPS) is 15.8. The summed E-state index contributed by atoms with van der Waals surface area (Å²) in [6.45, 7) is 2.04. The van der Waals surface area contributed by atoms with Crippen LogP contribution in [0.25, 0.3) is 5.69 Å². The van der Waals surface area contributed by atoms with E-state index >= 15 is 0 Å². The average molecular weight is 363 g/mol. The highest BCUT2D eigenvalue weighted by molar-refractivity contribution is 5.94. The molecule has 0 unspecified atom stereocenters. The maximum absolute atomic E-state index is 12.4.